The average Bonchev–Trinajstić information content (AvgIpc) is 2.30. The molecule has 1 aliphatic heterocycles. The quantitative estimate of drug-likeness (QED) is 0.755. The lowest BCUT2D eigenvalue weighted by molar-refractivity contribution is -0.141. The summed E-state index contributed by atoms with van der Waals surface area (Å²) in [5.74, 6) is -0.299. The molecule has 2 N–H and O–H groups in total. The number of nitrogens with zero attached hydrogens (tertiary/aromatic N) is 1. The number of aliphatic carboxylic acids is 1. The minimum Gasteiger partial charge on any atom is -0.481 e. The topological polar surface area (TPSA) is 69.6 Å². The van der Waals surface area contributed by atoms with Gasteiger partial charge in [-0.2, -0.15) is 0 Å². The van der Waals surface area contributed by atoms with Gasteiger partial charge in [0, 0.05) is 19.6 Å². The van der Waals surface area contributed by atoms with Gasteiger partial charge in [0.25, 0.3) is 0 Å². The van der Waals surface area contributed by atoms with Crippen molar-refractivity contribution in [2.45, 2.75) is 33.2 Å². The van der Waals surface area contributed by atoms with Crippen LogP contribution in [-0.2, 0) is 9.59 Å². The Kier molecular flexibility index (Phi) is 4.93. The Hall–Kier alpha value is -1.10. The lowest BCUT2D eigenvalue weighted by Crippen LogP contribution is -2.46. The van der Waals surface area contributed by atoms with Crippen LogP contribution in [0.3, 0.4) is 0 Å². The summed E-state index contributed by atoms with van der Waals surface area (Å²) in [6.07, 6.45) is -0.120. The van der Waals surface area contributed by atoms with Gasteiger partial charge in [-0.25, -0.2) is 0 Å². The Labute approximate surface area is 102 Å². The number of nitrogens with one attached hydrogen (secondary N) is 1. The fourth-order valence-corrected chi connectivity index (χ4v) is 2.21. The predicted octanol–water partition coefficient (Wildman–Crippen LogP) is 0.554. The van der Waals surface area contributed by atoms with Crippen molar-refractivity contribution in [1.29, 1.82) is 0 Å². The van der Waals surface area contributed by atoms with Gasteiger partial charge < -0.3 is 10.4 Å². The van der Waals surface area contributed by atoms with Crippen LogP contribution in [-0.4, -0.2) is 47.6 Å². The number of rotatable bonds is 4. The Bertz CT molecular complexity index is 291. The molecule has 2 unspecified atom stereocenters. The molecule has 0 aromatic carbocycles. The maximum Gasteiger partial charge on any atom is 0.305 e. The van der Waals surface area contributed by atoms with Crippen LogP contribution in [0.2, 0.25) is 0 Å². The van der Waals surface area contributed by atoms with Crippen LogP contribution in [0.5, 0.6) is 0 Å². The van der Waals surface area contributed by atoms with Crippen molar-refractivity contribution in [3.05, 3.63) is 0 Å². The highest BCUT2D eigenvalue weighted by Gasteiger charge is 2.32. The van der Waals surface area contributed by atoms with E-state index in [0.717, 1.165) is 13.1 Å². The summed E-state index contributed by atoms with van der Waals surface area (Å²) in [6, 6.07) is -0.528. The molecule has 98 valence electrons. The third kappa shape index (κ3) is 4.34. The number of hydrogen-bond acceptors (Lipinski definition) is 3. The second-order valence-electron chi connectivity index (χ2n) is 5.31. The minimum absolute atomic E-state index is 0.120. The summed E-state index contributed by atoms with van der Waals surface area (Å²) in [4.78, 5) is 24.7. The molecule has 1 fully saturated rings. The SMILES string of the molecule is CC(C)CN1CC(C)CNC(=O)C1CC(=O)O. The number of carboxylic acid groups (broad SMARTS) is 1. The standard InChI is InChI=1S/C12H22N2O3/c1-8(2)6-14-7-9(3)5-13-12(17)10(14)4-11(15)16/h8-10H,4-7H2,1-3H3,(H,13,17)(H,15,16). The van der Waals surface area contributed by atoms with Gasteiger partial charge in [0.1, 0.15) is 0 Å². The molecule has 5 nitrogen and oxygen atoms in total. The lowest BCUT2D eigenvalue weighted by atomic mass is 10.1. The monoisotopic (exact) mass is 242 g/mol. The summed E-state index contributed by atoms with van der Waals surface area (Å²) < 4.78 is 0. The molecule has 17 heavy (non-hydrogen) atoms. The van der Waals surface area contributed by atoms with Gasteiger partial charge in [0.15, 0.2) is 0 Å². The molecule has 2 atom stereocenters. The van der Waals surface area contributed by atoms with Gasteiger partial charge in [0.05, 0.1) is 12.5 Å². The Morgan fingerprint density at radius 2 is 2.24 bits per heavy atom. The zero-order valence-electron chi connectivity index (χ0n) is 10.8. The van der Waals surface area contributed by atoms with E-state index in [1.807, 2.05) is 4.90 Å². The van der Waals surface area contributed by atoms with Gasteiger partial charge in [-0.3, -0.25) is 14.5 Å². The van der Waals surface area contributed by atoms with Gasteiger partial charge in [-0.05, 0) is 11.8 Å². The summed E-state index contributed by atoms with van der Waals surface area (Å²) in [7, 11) is 0. The molecule has 1 heterocycles. The lowest BCUT2D eigenvalue weighted by Gasteiger charge is -2.29. The molecule has 0 aliphatic carbocycles. The van der Waals surface area contributed by atoms with Crippen LogP contribution in [0, 0.1) is 11.8 Å². The number of carbonyl (C=O) groups is 2. The van der Waals surface area contributed by atoms with E-state index >= 15 is 0 Å². The van der Waals surface area contributed by atoms with E-state index in [-0.39, 0.29) is 12.3 Å². The van der Waals surface area contributed by atoms with Crippen LogP contribution in [0.4, 0.5) is 0 Å². The molecular weight excluding hydrogens is 220 g/mol. The molecule has 0 aromatic rings. The van der Waals surface area contributed by atoms with Gasteiger partial charge in [0.2, 0.25) is 5.91 Å². The smallest absolute Gasteiger partial charge is 0.305 e. The molecule has 1 aliphatic rings. The number of carbonyl (C=O) groups excluding carboxylic acids is 1. The molecule has 5 heteroatoms. The highest BCUT2D eigenvalue weighted by molar-refractivity contribution is 5.86. The predicted molar refractivity (Wildman–Crippen MR) is 64.6 cm³/mol. The van der Waals surface area contributed by atoms with Crippen LogP contribution >= 0.6 is 0 Å². The maximum absolute atomic E-state index is 11.9. The minimum atomic E-state index is -0.923. The summed E-state index contributed by atoms with van der Waals surface area (Å²) >= 11 is 0. The highest BCUT2D eigenvalue weighted by atomic mass is 16.4. The van der Waals surface area contributed by atoms with Crippen LogP contribution < -0.4 is 5.32 Å². The molecule has 0 aromatic heterocycles. The molecule has 0 saturated carbocycles. The maximum atomic E-state index is 11.9. The molecule has 1 saturated heterocycles. The van der Waals surface area contributed by atoms with Crippen LogP contribution in [0.25, 0.3) is 0 Å². The average molecular weight is 242 g/mol. The Morgan fingerprint density at radius 3 is 2.76 bits per heavy atom. The first kappa shape index (κ1) is 14.0. The second-order valence-corrected chi connectivity index (χ2v) is 5.31. The van der Waals surface area contributed by atoms with Gasteiger partial charge in [-0.1, -0.05) is 20.8 Å². The largest absolute Gasteiger partial charge is 0.481 e. The van der Waals surface area contributed by atoms with Gasteiger partial charge in [-0.15, -0.1) is 0 Å². The second kappa shape index (κ2) is 6.00. The van der Waals surface area contributed by atoms with E-state index in [1.165, 1.54) is 0 Å². The third-order valence-corrected chi connectivity index (χ3v) is 2.88. The van der Waals surface area contributed by atoms with Crippen molar-refractivity contribution < 1.29 is 14.7 Å². The van der Waals surface area contributed by atoms with Crippen LogP contribution in [0.15, 0.2) is 0 Å². The summed E-state index contributed by atoms with van der Waals surface area (Å²) in [5.41, 5.74) is 0. The van der Waals surface area contributed by atoms with E-state index in [4.69, 9.17) is 5.11 Å². The first-order chi connectivity index (χ1) is 7.90. The van der Waals surface area contributed by atoms with E-state index in [9.17, 15) is 9.59 Å². The molecule has 1 rings (SSSR count). The zero-order chi connectivity index (χ0) is 13.0. The van der Waals surface area contributed by atoms with Crippen molar-refractivity contribution in [2.75, 3.05) is 19.6 Å². The Morgan fingerprint density at radius 1 is 1.59 bits per heavy atom. The first-order valence-corrected chi connectivity index (χ1v) is 6.13. The van der Waals surface area contributed by atoms with E-state index in [0.29, 0.717) is 18.4 Å². The molecular formula is C12H22N2O3. The summed E-state index contributed by atoms with van der Waals surface area (Å²) in [6.45, 7) is 8.38. The number of carboxylic acids is 1. The van der Waals surface area contributed by atoms with Crippen molar-refractivity contribution in [2.24, 2.45) is 11.8 Å². The summed E-state index contributed by atoms with van der Waals surface area (Å²) in [5, 5.41) is 11.7. The van der Waals surface area contributed by atoms with Gasteiger partial charge >= 0.3 is 5.97 Å². The third-order valence-electron chi connectivity index (χ3n) is 2.88. The van der Waals surface area contributed by atoms with Crippen molar-refractivity contribution in [3.8, 4) is 0 Å². The number of amides is 1. The number of hydrogen-bond donors (Lipinski definition) is 2. The zero-order valence-corrected chi connectivity index (χ0v) is 10.8. The molecule has 0 spiro atoms. The molecule has 0 bridgehead atoms. The van der Waals surface area contributed by atoms with E-state index in [2.05, 4.69) is 26.1 Å². The normalized spacial score (nSPS) is 26.7. The highest BCUT2D eigenvalue weighted by Crippen LogP contribution is 2.14. The fourth-order valence-electron chi connectivity index (χ4n) is 2.21. The van der Waals surface area contributed by atoms with Crippen molar-refractivity contribution >= 4 is 11.9 Å². The first-order valence-electron chi connectivity index (χ1n) is 6.13. The van der Waals surface area contributed by atoms with Crippen molar-refractivity contribution in [3.63, 3.8) is 0 Å². The fraction of sp³-hybridized carbons (Fsp3) is 0.833. The Balaban J connectivity index is 2.80. The van der Waals surface area contributed by atoms with E-state index < -0.39 is 12.0 Å². The molecule has 0 radical (unpaired) electrons. The van der Waals surface area contributed by atoms with Crippen LogP contribution in [0.1, 0.15) is 27.2 Å². The molecule has 1 amide bonds. The van der Waals surface area contributed by atoms with E-state index in [1.54, 1.807) is 0 Å². The van der Waals surface area contributed by atoms with Crippen molar-refractivity contribution in [1.82, 2.24) is 10.2 Å².